The Labute approximate surface area is 108 Å². The number of rotatable bonds is 8. The summed E-state index contributed by atoms with van der Waals surface area (Å²) in [6, 6.07) is 3.86. The highest BCUT2D eigenvalue weighted by molar-refractivity contribution is 5.53. The first-order valence-electron chi connectivity index (χ1n) is 5.75. The van der Waals surface area contributed by atoms with E-state index in [4.69, 9.17) is 18.9 Å². The monoisotopic (exact) mass is 255 g/mol. The highest BCUT2D eigenvalue weighted by Gasteiger charge is 2.12. The Morgan fingerprint density at radius 2 is 1.56 bits per heavy atom. The molecule has 1 rings (SSSR count). The van der Waals surface area contributed by atoms with Gasteiger partial charge in [0.15, 0.2) is 11.5 Å². The highest BCUT2D eigenvalue weighted by atomic mass is 16.5. The fourth-order valence-electron chi connectivity index (χ4n) is 1.64. The van der Waals surface area contributed by atoms with E-state index >= 15 is 0 Å². The summed E-state index contributed by atoms with van der Waals surface area (Å²) in [6.45, 7) is 2.21. The van der Waals surface area contributed by atoms with E-state index in [1.165, 1.54) is 0 Å². The molecule has 0 saturated carbocycles. The first kappa shape index (κ1) is 14.6. The van der Waals surface area contributed by atoms with Crippen molar-refractivity contribution in [1.82, 2.24) is 5.32 Å². The molecule has 0 aliphatic heterocycles. The number of methoxy groups -OCH3 is 4. The summed E-state index contributed by atoms with van der Waals surface area (Å²) in [5.74, 6) is 1.95. The van der Waals surface area contributed by atoms with Gasteiger partial charge in [0.05, 0.1) is 27.9 Å². The van der Waals surface area contributed by atoms with Gasteiger partial charge in [0.1, 0.15) is 0 Å². The Balaban J connectivity index is 2.80. The molecule has 1 aromatic carbocycles. The largest absolute Gasteiger partial charge is 0.493 e. The molecule has 1 N–H and O–H groups in total. The van der Waals surface area contributed by atoms with Crippen molar-refractivity contribution < 1.29 is 18.9 Å². The zero-order valence-electron chi connectivity index (χ0n) is 11.4. The summed E-state index contributed by atoms with van der Waals surface area (Å²) in [7, 11) is 6.50. The summed E-state index contributed by atoms with van der Waals surface area (Å²) in [5.41, 5.74) is 1.07. The summed E-state index contributed by atoms with van der Waals surface area (Å²) in [5, 5.41) is 3.27. The quantitative estimate of drug-likeness (QED) is 0.712. The van der Waals surface area contributed by atoms with Gasteiger partial charge in [-0.25, -0.2) is 0 Å². The standard InChI is InChI=1S/C13H21NO4/c1-15-6-5-14-9-10-7-11(16-2)13(18-4)12(8-10)17-3/h7-8,14H,5-6,9H2,1-4H3. The van der Waals surface area contributed by atoms with Crippen LogP contribution in [0.25, 0.3) is 0 Å². The number of hydrogen-bond acceptors (Lipinski definition) is 5. The molecule has 0 spiro atoms. The summed E-state index contributed by atoms with van der Waals surface area (Å²) in [4.78, 5) is 0. The molecule has 5 heteroatoms. The molecule has 0 radical (unpaired) electrons. The van der Waals surface area contributed by atoms with E-state index in [0.29, 0.717) is 23.9 Å². The van der Waals surface area contributed by atoms with Crippen molar-refractivity contribution in [2.75, 3.05) is 41.6 Å². The number of benzene rings is 1. The van der Waals surface area contributed by atoms with Crippen molar-refractivity contribution in [3.8, 4) is 17.2 Å². The van der Waals surface area contributed by atoms with Crippen LogP contribution in [0.2, 0.25) is 0 Å². The molecule has 0 fully saturated rings. The van der Waals surface area contributed by atoms with Crippen LogP contribution in [-0.4, -0.2) is 41.6 Å². The Kier molecular flexibility index (Phi) is 6.32. The van der Waals surface area contributed by atoms with Gasteiger partial charge < -0.3 is 24.3 Å². The van der Waals surface area contributed by atoms with Crippen LogP contribution < -0.4 is 19.5 Å². The molecule has 102 valence electrons. The minimum Gasteiger partial charge on any atom is -0.493 e. The Hall–Kier alpha value is -1.46. The molecule has 0 aliphatic rings. The summed E-state index contributed by atoms with van der Waals surface area (Å²) >= 11 is 0. The van der Waals surface area contributed by atoms with Crippen molar-refractivity contribution in [2.45, 2.75) is 6.54 Å². The lowest BCUT2D eigenvalue weighted by atomic mass is 10.2. The lowest BCUT2D eigenvalue weighted by molar-refractivity contribution is 0.199. The van der Waals surface area contributed by atoms with E-state index in [2.05, 4.69) is 5.32 Å². The van der Waals surface area contributed by atoms with Crippen LogP contribution in [0.15, 0.2) is 12.1 Å². The maximum atomic E-state index is 5.29. The summed E-state index contributed by atoms with van der Waals surface area (Å²) < 4.78 is 20.8. The zero-order valence-corrected chi connectivity index (χ0v) is 11.4. The van der Waals surface area contributed by atoms with Gasteiger partial charge in [0, 0.05) is 20.2 Å². The predicted octanol–water partition coefficient (Wildman–Crippen LogP) is 1.45. The molecule has 0 amide bonds. The van der Waals surface area contributed by atoms with Crippen molar-refractivity contribution in [1.29, 1.82) is 0 Å². The smallest absolute Gasteiger partial charge is 0.203 e. The lowest BCUT2D eigenvalue weighted by Crippen LogP contribution is -2.18. The Bertz CT molecular complexity index is 343. The van der Waals surface area contributed by atoms with Gasteiger partial charge in [-0.3, -0.25) is 0 Å². The second kappa shape index (κ2) is 7.79. The lowest BCUT2D eigenvalue weighted by Gasteiger charge is -2.14. The molecular formula is C13H21NO4. The van der Waals surface area contributed by atoms with E-state index in [1.807, 2.05) is 12.1 Å². The van der Waals surface area contributed by atoms with Gasteiger partial charge >= 0.3 is 0 Å². The Morgan fingerprint density at radius 3 is 2.00 bits per heavy atom. The van der Waals surface area contributed by atoms with Gasteiger partial charge in [-0.15, -0.1) is 0 Å². The van der Waals surface area contributed by atoms with Crippen molar-refractivity contribution >= 4 is 0 Å². The normalized spacial score (nSPS) is 10.2. The molecule has 1 aromatic rings. The summed E-state index contributed by atoms with van der Waals surface area (Å²) in [6.07, 6.45) is 0. The van der Waals surface area contributed by atoms with Crippen LogP contribution in [0.4, 0.5) is 0 Å². The fraction of sp³-hybridized carbons (Fsp3) is 0.538. The molecular weight excluding hydrogens is 234 g/mol. The molecule has 0 bridgehead atoms. The Morgan fingerprint density at radius 1 is 0.944 bits per heavy atom. The topological polar surface area (TPSA) is 49.0 Å². The third-order valence-electron chi connectivity index (χ3n) is 2.54. The van der Waals surface area contributed by atoms with Crippen LogP contribution in [0.1, 0.15) is 5.56 Å². The number of ether oxygens (including phenoxy) is 4. The third kappa shape index (κ3) is 3.78. The first-order chi connectivity index (χ1) is 8.76. The SMILES string of the molecule is COCCNCc1cc(OC)c(OC)c(OC)c1. The van der Waals surface area contributed by atoms with E-state index in [0.717, 1.165) is 18.7 Å². The van der Waals surface area contributed by atoms with Crippen LogP contribution in [-0.2, 0) is 11.3 Å². The molecule has 0 aliphatic carbocycles. The van der Waals surface area contributed by atoms with Crippen molar-refractivity contribution in [2.24, 2.45) is 0 Å². The zero-order chi connectivity index (χ0) is 13.4. The average Bonchev–Trinajstić information content (AvgIpc) is 2.42. The van der Waals surface area contributed by atoms with Crippen molar-refractivity contribution in [3.05, 3.63) is 17.7 Å². The molecule has 0 unspecified atom stereocenters. The van der Waals surface area contributed by atoms with E-state index in [1.54, 1.807) is 28.4 Å². The first-order valence-corrected chi connectivity index (χ1v) is 5.75. The number of nitrogens with one attached hydrogen (secondary N) is 1. The predicted molar refractivity (Wildman–Crippen MR) is 69.7 cm³/mol. The fourth-order valence-corrected chi connectivity index (χ4v) is 1.64. The van der Waals surface area contributed by atoms with Crippen LogP contribution in [0, 0.1) is 0 Å². The highest BCUT2D eigenvalue weighted by Crippen LogP contribution is 2.38. The van der Waals surface area contributed by atoms with E-state index < -0.39 is 0 Å². The van der Waals surface area contributed by atoms with E-state index in [9.17, 15) is 0 Å². The maximum absolute atomic E-state index is 5.29. The van der Waals surface area contributed by atoms with Crippen molar-refractivity contribution in [3.63, 3.8) is 0 Å². The number of hydrogen-bond donors (Lipinski definition) is 1. The minimum absolute atomic E-state index is 0.612. The van der Waals surface area contributed by atoms with Gasteiger partial charge in [0.25, 0.3) is 0 Å². The van der Waals surface area contributed by atoms with Crippen LogP contribution >= 0.6 is 0 Å². The molecule has 0 atom stereocenters. The van der Waals surface area contributed by atoms with Gasteiger partial charge in [-0.2, -0.15) is 0 Å². The third-order valence-corrected chi connectivity index (χ3v) is 2.54. The van der Waals surface area contributed by atoms with Crippen LogP contribution in [0.3, 0.4) is 0 Å². The molecule has 0 saturated heterocycles. The minimum atomic E-state index is 0.612. The second-order valence-electron chi connectivity index (χ2n) is 3.70. The molecule has 18 heavy (non-hydrogen) atoms. The van der Waals surface area contributed by atoms with Gasteiger partial charge in [0.2, 0.25) is 5.75 Å². The second-order valence-corrected chi connectivity index (χ2v) is 3.70. The molecule has 0 heterocycles. The molecule has 0 aromatic heterocycles. The molecule has 5 nitrogen and oxygen atoms in total. The van der Waals surface area contributed by atoms with E-state index in [-0.39, 0.29) is 0 Å². The average molecular weight is 255 g/mol. The van der Waals surface area contributed by atoms with Crippen LogP contribution in [0.5, 0.6) is 17.2 Å². The van der Waals surface area contributed by atoms with Gasteiger partial charge in [-0.05, 0) is 17.7 Å². The maximum Gasteiger partial charge on any atom is 0.203 e. The van der Waals surface area contributed by atoms with Gasteiger partial charge in [-0.1, -0.05) is 0 Å².